The van der Waals surface area contributed by atoms with Crippen molar-refractivity contribution in [1.82, 2.24) is 15.0 Å². The lowest BCUT2D eigenvalue weighted by Crippen LogP contribution is -2.22. The van der Waals surface area contributed by atoms with Gasteiger partial charge in [0.15, 0.2) is 12.4 Å². The summed E-state index contributed by atoms with van der Waals surface area (Å²) in [7, 11) is -1.16. The van der Waals surface area contributed by atoms with Gasteiger partial charge >= 0.3 is 5.97 Å². The second-order valence-electron chi connectivity index (χ2n) is 7.09. The minimum absolute atomic E-state index is 0.0899. The van der Waals surface area contributed by atoms with Crippen LogP contribution in [-0.4, -0.2) is 42.3 Å². The Hall–Kier alpha value is -2.14. The van der Waals surface area contributed by atoms with Crippen LogP contribution in [0.25, 0.3) is 0 Å². The second-order valence-corrected chi connectivity index (χ2v) is 13.2. The van der Waals surface area contributed by atoms with Crippen LogP contribution in [0.1, 0.15) is 28.7 Å². The summed E-state index contributed by atoms with van der Waals surface area (Å²) in [5, 5.41) is 9.09. The van der Waals surface area contributed by atoms with Crippen molar-refractivity contribution in [2.75, 3.05) is 13.2 Å². The lowest BCUT2D eigenvalue weighted by atomic mass is 10.2. The molecule has 0 radical (unpaired) electrons. The van der Waals surface area contributed by atoms with Crippen molar-refractivity contribution >= 4 is 25.6 Å². The van der Waals surface area contributed by atoms with Crippen molar-refractivity contribution in [2.24, 2.45) is 0 Å². The van der Waals surface area contributed by atoms with Gasteiger partial charge < -0.3 is 9.47 Å². The van der Waals surface area contributed by atoms with E-state index in [4.69, 9.17) is 21.1 Å². The van der Waals surface area contributed by atoms with E-state index in [0.717, 1.165) is 11.6 Å². The van der Waals surface area contributed by atoms with Crippen molar-refractivity contribution in [2.45, 2.75) is 39.3 Å². The summed E-state index contributed by atoms with van der Waals surface area (Å²) in [6.07, 6.45) is 0. The number of halogens is 1. The number of rotatable bonds is 7. The Morgan fingerprint density at radius 3 is 2.52 bits per heavy atom. The summed E-state index contributed by atoms with van der Waals surface area (Å²) in [5.41, 5.74) is 1.11. The van der Waals surface area contributed by atoms with Gasteiger partial charge in [0.05, 0.1) is 6.61 Å². The van der Waals surface area contributed by atoms with Crippen molar-refractivity contribution in [3.05, 3.63) is 46.2 Å². The minimum atomic E-state index is -1.16. The molecule has 2 rings (SSSR count). The van der Waals surface area contributed by atoms with E-state index in [1.165, 1.54) is 4.80 Å². The highest BCUT2D eigenvalue weighted by atomic mass is 35.5. The molecule has 1 aromatic carbocycles. The Balaban J connectivity index is 2.15. The first-order valence-corrected chi connectivity index (χ1v) is 12.8. The zero-order chi connectivity index (χ0) is 19.9. The lowest BCUT2D eigenvalue weighted by Gasteiger charge is -2.14. The molecule has 1 aromatic heterocycles. The number of benzene rings is 1. The van der Waals surface area contributed by atoms with Crippen molar-refractivity contribution in [3.63, 3.8) is 0 Å². The number of aromatic nitrogens is 3. The zero-order valence-corrected chi connectivity index (χ0v) is 17.8. The van der Waals surface area contributed by atoms with E-state index in [1.54, 1.807) is 31.2 Å². The van der Waals surface area contributed by atoms with Gasteiger partial charge in [-0.15, -0.1) is 10.2 Å². The molecule has 27 heavy (non-hydrogen) atoms. The summed E-state index contributed by atoms with van der Waals surface area (Å²) >= 11 is 5.88. The van der Waals surface area contributed by atoms with Gasteiger partial charge in [0.2, 0.25) is 5.69 Å². The summed E-state index contributed by atoms with van der Waals surface area (Å²) < 4.78 is 10.7. The molecule has 0 aliphatic heterocycles. The van der Waals surface area contributed by atoms with Crippen LogP contribution in [0.2, 0.25) is 30.7 Å². The third-order valence-corrected chi connectivity index (χ3v) is 5.45. The van der Waals surface area contributed by atoms with E-state index in [9.17, 15) is 4.79 Å². The average molecular weight is 406 g/mol. The Kier molecular flexibility index (Phi) is 7.60. The molecular weight excluding hydrogens is 382 g/mol. The molecule has 0 amide bonds. The molecule has 0 saturated heterocycles. The Labute approximate surface area is 165 Å². The maximum Gasteiger partial charge on any atom is 0.361 e. The fraction of sp³-hybridized carbons (Fsp3) is 0.421. The molecule has 0 saturated carbocycles. The highest BCUT2D eigenvalue weighted by molar-refractivity contribution is 6.76. The highest BCUT2D eigenvalue weighted by Gasteiger charge is 2.19. The molecule has 0 aliphatic carbocycles. The van der Waals surface area contributed by atoms with Crippen LogP contribution >= 0.6 is 11.6 Å². The predicted octanol–water partition coefficient (Wildman–Crippen LogP) is 3.82. The van der Waals surface area contributed by atoms with E-state index in [0.29, 0.717) is 11.6 Å². The first-order valence-electron chi connectivity index (χ1n) is 8.76. The molecule has 0 spiro atoms. The molecule has 144 valence electrons. The summed E-state index contributed by atoms with van der Waals surface area (Å²) in [5.74, 6) is 5.30. The van der Waals surface area contributed by atoms with Crippen LogP contribution in [0.5, 0.6) is 0 Å². The molecule has 0 unspecified atom stereocenters. The molecule has 1 heterocycles. The first kappa shape index (κ1) is 21.2. The number of esters is 1. The highest BCUT2D eigenvalue weighted by Crippen LogP contribution is 2.10. The SMILES string of the molecule is CCOC(=O)c1nn(COCC[Si](C)(C)C)nc1C#Cc1ccc(Cl)cc1. The van der Waals surface area contributed by atoms with E-state index < -0.39 is 14.0 Å². The summed E-state index contributed by atoms with van der Waals surface area (Å²) in [4.78, 5) is 13.5. The van der Waals surface area contributed by atoms with Gasteiger partial charge in [-0.05, 0) is 43.2 Å². The smallest absolute Gasteiger partial charge is 0.361 e. The average Bonchev–Trinajstić information content (AvgIpc) is 3.01. The van der Waals surface area contributed by atoms with Crippen LogP contribution in [-0.2, 0) is 16.2 Å². The quantitative estimate of drug-likeness (QED) is 0.303. The normalized spacial score (nSPS) is 11.0. The molecule has 0 aliphatic rings. The van der Waals surface area contributed by atoms with Gasteiger partial charge in [-0.1, -0.05) is 37.2 Å². The van der Waals surface area contributed by atoms with Gasteiger partial charge in [0.25, 0.3) is 0 Å². The predicted molar refractivity (Wildman–Crippen MR) is 108 cm³/mol. The van der Waals surface area contributed by atoms with Gasteiger partial charge in [-0.2, -0.15) is 4.80 Å². The Morgan fingerprint density at radius 1 is 1.19 bits per heavy atom. The van der Waals surface area contributed by atoms with Crippen LogP contribution < -0.4 is 0 Å². The van der Waals surface area contributed by atoms with Crippen LogP contribution in [0.3, 0.4) is 0 Å². The van der Waals surface area contributed by atoms with Crippen LogP contribution in [0, 0.1) is 11.8 Å². The number of hydrogen-bond acceptors (Lipinski definition) is 5. The number of hydrogen-bond donors (Lipinski definition) is 0. The molecule has 0 bridgehead atoms. The fourth-order valence-corrected chi connectivity index (χ4v) is 2.90. The molecular formula is C19H24ClN3O3Si. The molecule has 0 atom stereocenters. The number of nitrogens with zero attached hydrogens (tertiary/aromatic N) is 3. The van der Waals surface area contributed by atoms with Gasteiger partial charge in [0, 0.05) is 25.3 Å². The van der Waals surface area contributed by atoms with Crippen molar-refractivity contribution in [1.29, 1.82) is 0 Å². The van der Waals surface area contributed by atoms with Crippen LogP contribution in [0.4, 0.5) is 0 Å². The fourth-order valence-electron chi connectivity index (χ4n) is 2.02. The van der Waals surface area contributed by atoms with E-state index in [-0.39, 0.29) is 24.7 Å². The zero-order valence-electron chi connectivity index (χ0n) is 16.1. The monoisotopic (exact) mass is 405 g/mol. The molecule has 8 heteroatoms. The molecule has 2 aromatic rings. The second kappa shape index (κ2) is 9.69. The van der Waals surface area contributed by atoms with E-state index >= 15 is 0 Å². The van der Waals surface area contributed by atoms with E-state index in [2.05, 4.69) is 41.7 Å². The van der Waals surface area contributed by atoms with Crippen molar-refractivity contribution in [3.8, 4) is 11.8 Å². The van der Waals surface area contributed by atoms with Crippen LogP contribution in [0.15, 0.2) is 24.3 Å². The number of carbonyl (C=O) groups excluding carboxylic acids is 1. The van der Waals surface area contributed by atoms with E-state index in [1.807, 2.05) is 0 Å². The maximum atomic E-state index is 12.1. The van der Waals surface area contributed by atoms with Crippen molar-refractivity contribution < 1.29 is 14.3 Å². The molecule has 6 nitrogen and oxygen atoms in total. The van der Waals surface area contributed by atoms with Gasteiger partial charge in [-0.25, -0.2) is 4.79 Å². The third kappa shape index (κ3) is 7.17. The summed E-state index contributed by atoms with van der Waals surface area (Å²) in [6.45, 7) is 9.64. The molecule has 0 fully saturated rings. The lowest BCUT2D eigenvalue weighted by molar-refractivity contribution is 0.0507. The van der Waals surface area contributed by atoms with Gasteiger partial charge in [0.1, 0.15) is 0 Å². The minimum Gasteiger partial charge on any atom is -0.461 e. The first-order chi connectivity index (χ1) is 12.8. The topological polar surface area (TPSA) is 66.2 Å². The number of carbonyl (C=O) groups is 1. The summed E-state index contributed by atoms with van der Waals surface area (Å²) in [6, 6.07) is 8.14. The largest absolute Gasteiger partial charge is 0.461 e. The Bertz CT molecular complexity index is 833. The van der Waals surface area contributed by atoms with Gasteiger partial charge in [-0.3, -0.25) is 0 Å². The standard InChI is InChI=1S/C19H24ClN3O3Si/c1-5-26-19(24)18-17(11-8-15-6-9-16(20)10-7-15)21-23(22-18)14-25-12-13-27(2,3)4/h6-7,9-10H,5,12-14H2,1-4H3. The third-order valence-electron chi connectivity index (χ3n) is 3.50. The Morgan fingerprint density at radius 2 is 1.89 bits per heavy atom. The molecule has 0 N–H and O–H groups in total. The maximum absolute atomic E-state index is 12.1. The number of ether oxygens (including phenoxy) is 2.